The predicted octanol–water partition coefficient (Wildman–Crippen LogP) is 0.975. The predicted molar refractivity (Wildman–Crippen MR) is 63.0 cm³/mol. The summed E-state index contributed by atoms with van der Waals surface area (Å²) in [7, 11) is 1.21. The summed E-state index contributed by atoms with van der Waals surface area (Å²) in [6.45, 7) is 0.960. The Balaban J connectivity index is 2.59. The van der Waals surface area contributed by atoms with Crippen LogP contribution in [-0.4, -0.2) is 31.6 Å². The Morgan fingerprint density at radius 1 is 1.17 bits per heavy atom. The zero-order chi connectivity index (χ0) is 13.5. The van der Waals surface area contributed by atoms with Crippen LogP contribution < -0.4 is 5.32 Å². The van der Waals surface area contributed by atoms with Gasteiger partial charge in [-0.2, -0.15) is 0 Å². The minimum Gasteiger partial charge on any atom is -0.466 e. The highest BCUT2D eigenvalue weighted by Crippen LogP contribution is 2.10. The molecule has 1 amide bonds. The normalized spacial score (nSPS) is 9.44. The molecule has 1 rings (SSSR count). The second-order valence-corrected chi connectivity index (χ2v) is 3.41. The maximum absolute atomic E-state index is 11.5. The Kier molecular flexibility index (Phi) is 4.86. The highest BCUT2D eigenvalue weighted by molar-refractivity contribution is 5.92. The first-order valence-electron chi connectivity index (χ1n) is 5.14. The van der Waals surface area contributed by atoms with Crippen LogP contribution in [0.3, 0.4) is 0 Å². The molecular weight excluding hydrogens is 238 g/mol. The molecule has 0 fully saturated rings. The Morgan fingerprint density at radius 3 is 2.28 bits per heavy atom. The van der Waals surface area contributed by atoms with Crippen LogP contribution in [0.2, 0.25) is 0 Å². The standard InChI is InChI=1S/C12H13NO5/c1-8(14)13-10-5-3-9(4-6-10)12(16)18-7-11(15)17-2/h3-6H,7H2,1-2H3,(H,13,14). The third-order valence-corrected chi connectivity index (χ3v) is 1.99. The van der Waals surface area contributed by atoms with Gasteiger partial charge in [0.2, 0.25) is 5.91 Å². The molecule has 0 spiro atoms. The van der Waals surface area contributed by atoms with Crippen LogP contribution >= 0.6 is 0 Å². The molecule has 0 radical (unpaired) electrons. The number of hydrogen-bond donors (Lipinski definition) is 1. The van der Waals surface area contributed by atoms with Gasteiger partial charge in [0.1, 0.15) is 0 Å². The van der Waals surface area contributed by atoms with E-state index in [-0.39, 0.29) is 11.5 Å². The molecule has 18 heavy (non-hydrogen) atoms. The van der Waals surface area contributed by atoms with E-state index in [2.05, 4.69) is 10.1 Å². The third-order valence-electron chi connectivity index (χ3n) is 1.99. The molecule has 0 aliphatic carbocycles. The van der Waals surface area contributed by atoms with Crippen molar-refractivity contribution in [2.45, 2.75) is 6.92 Å². The lowest BCUT2D eigenvalue weighted by Crippen LogP contribution is -2.15. The number of carbonyl (C=O) groups is 3. The summed E-state index contributed by atoms with van der Waals surface area (Å²) in [6.07, 6.45) is 0. The van der Waals surface area contributed by atoms with Crippen LogP contribution in [0.4, 0.5) is 5.69 Å². The van der Waals surface area contributed by atoms with Gasteiger partial charge in [-0.1, -0.05) is 0 Å². The third kappa shape index (κ3) is 4.25. The van der Waals surface area contributed by atoms with E-state index in [1.807, 2.05) is 0 Å². The monoisotopic (exact) mass is 251 g/mol. The Labute approximate surface area is 104 Å². The van der Waals surface area contributed by atoms with Crippen molar-refractivity contribution in [2.75, 3.05) is 19.0 Å². The van der Waals surface area contributed by atoms with E-state index in [1.165, 1.54) is 26.2 Å². The summed E-state index contributed by atoms with van der Waals surface area (Å²) < 4.78 is 9.04. The quantitative estimate of drug-likeness (QED) is 0.806. The molecule has 1 aromatic carbocycles. The van der Waals surface area contributed by atoms with Crippen molar-refractivity contribution in [1.29, 1.82) is 0 Å². The lowest BCUT2D eigenvalue weighted by atomic mass is 10.2. The number of hydrogen-bond acceptors (Lipinski definition) is 5. The molecule has 6 nitrogen and oxygen atoms in total. The number of amides is 1. The first-order valence-corrected chi connectivity index (χ1v) is 5.14. The minimum atomic E-state index is -0.630. The van der Waals surface area contributed by atoms with Crippen molar-refractivity contribution in [2.24, 2.45) is 0 Å². The summed E-state index contributed by atoms with van der Waals surface area (Å²) >= 11 is 0. The molecule has 6 heteroatoms. The zero-order valence-electron chi connectivity index (χ0n) is 10.1. The van der Waals surface area contributed by atoms with Gasteiger partial charge in [-0.05, 0) is 24.3 Å². The van der Waals surface area contributed by atoms with E-state index in [4.69, 9.17) is 4.74 Å². The molecule has 0 aliphatic heterocycles. The smallest absolute Gasteiger partial charge is 0.344 e. The Morgan fingerprint density at radius 2 is 1.78 bits per heavy atom. The number of benzene rings is 1. The summed E-state index contributed by atoms with van der Waals surface area (Å²) in [5.41, 5.74) is 0.861. The van der Waals surface area contributed by atoms with Crippen molar-refractivity contribution < 1.29 is 23.9 Å². The SMILES string of the molecule is COC(=O)COC(=O)c1ccc(NC(C)=O)cc1. The van der Waals surface area contributed by atoms with Gasteiger partial charge in [0.05, 0.1) is 12.7 Å². The van der Waals surface area contributed by atoms with Crippen LogP contribution in [-0.2, 0) is 19.1 Å². The van der Waals surface area contributed by atoms with E-state index >= 15 is 0 Å². The van der Waals surface area contributed by atoms with E-state index < -0.39 is 18.5 Å². The fourth-order valence-corrected chi connectivity index (χ4v) is 1.16. The number of esters is 2. The topological polar surface area (TPSA) is 81.7 Å². The van der Waals surface area contributed by atoms with E-state index in [9.17, 15) is 14.4 Å². The van der Waals surface area contributed by atoms with Crippen LogP contribution in [0.5, 0.6) is 0 Å². The van der Waals surface area contributed by atoms with Crippen molar-refractivity contribution in [3.63, 3.8) is 0 Å². The minimum absolute atomic E-state index is 0.198. The average Bonchev–Trinajstić information content (AvgIpc) is 2.35. The lowest BCUT2D eigenvalue weighted by molar-refractivity contribution is -0.144. The van der Waals surface area contributed by atoms with Crippen LogP contribution in [0.25, 0.3) is 0 Å². The van der Waals surface area contributed by atoms with Crippen molar-refractivity contribution in [3.05, 3.63) is 29.8 Å². The summed E-state index contributed by atoms with van der Waals surface area (Å²) in [5.74, 6) is -1.45. The molecule has 0 heterocycles. The molecule has 0 atom stereocenters. The first kappa shape index (κ1) is 13.7. The number of rotatable bonds is 4. The molecule has 0 unspecified atom stereocenters. The summed E-state index contributed by atoms with van der Waals surface area (Å²) in [5, 5.41) is 2.57. The fourth-order valence-electron chi connectivity index (χ4n) is 1.16. The van der Waals surface area contributed by atoms with Crippen LogP contribution in [0.15, 0.2) is 24.3 Å². The maximum atomic E-state index is 11.5. The van der Waals surface area contributed by atoms with Gasteiger partial charge in [-0.3, -0.25) is 4.79 Å². The Bertz CT molecular complexity index is 452. The van der Waals surface area contributed by atoms with Crippen LogP contribution in [0, 0.1) is 0 Å². The van der Waals surface area contributed by atoms with Crippen molar-refractivity contribution in [1.82, 2.24) is 0 Å². The number of nitrogens with one attached hydrogen (secondary N) is 1. The molecule has 0 aromatic heterocycles. The maximum Gasteiger partial charge on any atom is 0.344 e. The molecule has 0 saturated carbocycles. The van der Waals surface area contributed by atoms with Crippen LogP contribution in [0.1, 0.15) is 17.3 Å². The number of ether oxygens (including phenoxy) is 2. The highest BCUT2D eigenvalue weighted by Gasteiger charge is 2.10. The second-order valence-electron chi connectivity index (χ2n) is 3.41. The van der Waals surface area contributed by atoms with E-state index in [0.29, 0.717) is 5.69 Å². The largest absolute Gasteiger partial charge is 0.466 e. The highest BCUT2D eigenvalue weighted by atomic mass is 16.6. The fraction of sp³-hybridized carbons (Fsp3) is 0.250. The molecule has 0 saturated heterocycles. The molecular formula is C12H13NO5. The van der Waals surface area contributed by atoms with Gasteiger partial charge in [-0.25, -0.2) is 9.59 Å². The molecule has 1 aromatic rings. The van der Waals surface area contributed by atoms with Gasteiger partial charge in [0, 0.05) is 12.6 Å². The number of carbonyl (C=O) groups excluding carboxylic acids is 3. The van der Waals surface area contributed by atoms with Gasteiger partial charge in [0.15, 0.2) is 6.61 Å². The van der Waals surface area contributed by atoms with Crippen molar-refractivity contribution >= 4 is 23.5 Å². The van der Waals surface area contributed by atoms with Gasteiger partial charge in [0.25, 0.3) is 0 Å². The summed E-state index contributed by atoms with van der Waals surface area (Å²) in [6, 6.07) is 6.11. The zero-order valence-corrected chi connectivity index (χ0v) is 10.1. The van der Waals surface area contributed by atoms with E-state index in [1.54, 1.807) is 12.1 Å². The van der Waals surface area contributed by atoms with Gasteiger partial charge in [-0.15, -0.1) is 0 Å². The molecule has 0 bridgehead atoms. The van der Waals surface area contributed by atoms with Gasteiger partial charge >= 0.3 is 11.9 Å². The molecule has 0 aliphatic rings. The van der Waals surface area contributed by atoms with Crippen molar-refractivity contribution in [3.8, 4) is 0 Å². The first-order chi connectivity index (χ1) is 8.52. The molecule has 96 valence electrons. The number of methoxy groups -OCH3 is 1. The summed E-state index contributed by atoms with van der Waals surface area (Å²) in [4.78, 5) is 33.0. The van der Waals surface area contributed by atoms with Gasteiger partial charge < -0.3 is 14.8 Å². The average molecular weight is 251 g/mol. The number of anilines is 1. The lowest BCUT2D eigenvalue weighted by Gasteiger charge is -2.05. The van der Waals surface area contributed by atoms with E-state index in [0.717, 1.165) is 0 Å². The Hall–Kier alpha value is -2.37. The molecule has 1 N–H and O–H groups in total. The second kappa shape index (κ2) is 6.39.